The molecule has 98 valence electrons. The Morgan fingerprint density at radius 2 is 1.94 bits per heavy atom. The highest BCUT2D eigenvalue weighted by Crippen LogP contribution is 2.44. The van der Waals surface area contributed by atoms with E-state index in [4.69, 9.17) is 4.74 Å². The summed E-state index contributed by atoms with van der Waals surface area (Å²) in [6.45, 7) is 15.0. The average molecular weight is 238 g/mol. The number of hydrogen-bond donors (Lipinski definition) is 0. The predicted molar refractivity (Wildman–Crippen MR) is 70.6 cm³/mol. The smallest absolute Gasteiger partial charge is 0.311 e. The van der Waals surface area contributed by atoms with Crippen LogP contribution in [0.3, 0.4) is 0 Å². The van der Waals surface area contributed by atoms with E-state index >= 15 is 0 Å². The van der Waals surface area contributed by atoms with Gasteiger partial charge in [0.25, 0.3) is 0 Å². The molecule has 0 aromatic rings. The van der Waals surface area contributed by atoms with Gasteiger partial charge in [0.1, 0.15) is 0 Å². The third-order valence-electron chi connectivity index (χ3n) is 3.88. The summed E-state index contributed by atoms with van der Waals surface area (Å²) >= 11 is 0. The van der Waals surface area contributed by atoms with E-state index in [-0.39, 0.29) is 11.4 Å². The largest absolute Gasteiger partial charge is 0.465 e. The van der Waals surface area contributed by atoms with Gasteiger partial charge < -0.3 is 4.74 Å². The Hall–Kier alpha value is -0.790. The molecule has 1 rings (SSSR count). The van der Waals surface area contributed by atoms with E-state index in [2.05, 4.69) is 33.8 Å². The maximum atomic E-state index is 11.8. The van der Waals surface area contributed by atoms with E-state index in [1.54, 1.807) is 0 Å². The van der Waals surface area contributed by atoms with Gasteiger partial charge in [0.15, 0.2) is 0 Å². The van der Waals surface area contributed by atoms with E-state index in [0.717, 1.165) is 0 Å². The third-order valence-corrected chi connectivity index (χ3v) is 3.88. The number of carbonyl (C=O) groups is 1. The summed E-state index contributed by atoms with van der Waals surface area (Å²) in [6.07, 6.45) is 2.31. The van der Waals surface area contributed by atoms with Crippen molar-refractivity contribution in [2.75, 3.05) is 6.61 Å². The second kappa shape index (κ2) is 4.47. The van der Waals surface area contributed by atoms with Gasteiger partial charge in [-0.3, -0.25) is 4.79 Å². The van der Waals surface area contributed by atoms with E-state index in [9.17, 15) is 4.79 Å². The quantitative estimate of drug-likeness (QED) is 0.540. The number of hydrogen-bond acceptors (Lipinski definition) is 2. The van der Waals surface area contributed by atoms with Gasteiger partial charge in [-0.05, 0) is 39.0 Å². The first-order valence-corrected chi connectivity index (χ1v) is 6.42. The summed E-state index contributed by atoms with van der Waals surface area (Å²) in [6, 6.07) is 0. The monoisotopic (exact) mass is 238 g/mol. The first-order valence-electron chi connectivity index (χ1n) is 6.42. The fourth-order valence-corrected chi connectivity index (χ4v) is 2.53. The lowest BCUT2D eigenvalue weighted by Crippen LogP contribution is -2.31. The molecule has 0 radical (unpaired) electrons. The van der Waals surface area contributed by atoms with E-state index in [0.29, 0.717) is 18.4 Å². The number of esters is 1. The predicted octanol–water partition coefficient (Wildman–Crippen LogP) is 3.81. The van der Waals surface area contributed by atoms with Crippen molar-refractivity contribution in [2.45, 2.75) is 48.5 Å². The Kier molecular flexibility index (Phi) is 3.75. The minimum Gasteiger partial charge on any atom is -0.465 e. The molecule has 0 unspecified atom stereocenters. The van der Waals surface area contributed by atoms with Gasteiger partial charge in [0, 0.05) is 5.92 Å². The molecule has 17 heavy (non-hydrogen) atoms. The van der Waals surface area contributed by atoms with Gasteiger partial charge in [-0.15, -0.1) is 0 Å². The van der Waals surface area contributed by atoms with Crippen LogP contribution >= 0.6 is 0 Å². The molecule has 2 atom stereocenters. The normalized spacial score (nSPS) is 27.8. The molecule has 0 saturated carbocycles. The van der Waals surface area contributed by atoms with Gasteiger partial charge in [-0.2, -0.15) is 0 Å². The fraction of sp³-hybridized carbons (Fsp3) is 0.800. The Balaban J connectivity index is 2.63. The number of allylic oxidation sites excluding steroid dienone is 2. The third kappa shape index (κ3) is 3.11. The van der Waals surface area contributed by atoms with Crippen LogP contribution in [-0.4, -0.2) is 12.6 Å². The standard InChI is InChI=1S/C15H26O2/c1-10-8-15(6,7)12(11(10)2)9-17-13(16)14(3,4)5/h8,11-12H,9H2,1-7H3/t11-,12-/m0/s1. The molecular formula is C15H26O2. The van der Waals surface area contributed by atoms with Crippen molar-refractivity contribution < 1.29 is 9.53 Å². The van der Waals surface area contributed by atoms with Crippen molar-refractivity contribution in [3.05, 3.63) is 11.6 Å². The molecule has 0 aliphatic heterocycles. The summed E-state index contributed by atoms with van der Waals surface area (Å²) in [4.78, 5) is 11.8. The van der Waals surface area contributed by atoms with Crippen LogP contribution in [0.15, 0.2) is 11.6 Å². The Morgan fingerprint density at radius 1 is 1.41 bits per heavy atom. The summed E-state index contributed by atoms with van der Waals surface area (Å²) in [7, 11) is 0. The molecular weight excluding hydrogens is 212 g/mol. The zero-order valence-electron chi connectivity index (χ0n) is 12.3. The van der Waals surface area contributed by atoms with Crippen LogP contribution in [0.1, 0.15) is 48.5 Å². The molecule has 2 nitrogen and oxygen atoms in total. The molecule has 0 N–H and O–H groups in total. The molecule has 0 aromatic heterocycles. The lowest BCUT2D eigenvalue weighted by Gasteiger charge is -2.30. The first-order chi connectivity index (χ1) is 7.55. The molecule has 0 saturated heterocycles. The second-order valence-electron chi connectivity index (χ2n) is 6.95. The molecule has 0 amide bonds. The summed E-state index contributed by atoms with van der Waals surface area (Å²) in [5.74, 6) is 0.789. The van der Waals surface area contributed by atoms with Crippen molar-refractivity contribution in [1.29, 1.82) is 0 Å². The second-order valence-corrected chi connectivity index (χ2v) is 6.95. The van der Waals surface area contributed by atoms with Crippen LogP contribution in [0.5, 0.6) is 0 Å². The van der Waals surface area contributed by atoms with E-state index in [1.165, 1.54) is 5.57 Å². The molecule has 0 heterocycles. The number of carbonyl (C=O) groups excluding carboxylic acids is 1. The SMILES string of the molecule is CC1=CC(C)(C)[C@@H](COC(=O)C(C)(C)C)[C@H]1C. The first kappa shape index (κ1) is 14.3. The highest BCUT2D eigenvalue weighted by molar-refractivity contribution is 5.75. The molecule has 1 aliphatic rings. The minimum absolute atomic E-state index is 0.106. The van der Waals surface area contributed by atoms with Gasteiger partial charge >= 0.3 is 5.97 Å². The Bertz CT molecular complexity index is 331. The number of rotatable bonds is 2. The molecule has 0 fully saturated rings. The Labute approximate surface area is 105 Å². The van der Waals surface area contributed by atoms with Crippen LogP contribution in [0.4, 0.5) is 0 Å². The zero-order valence-corrected chi connectivity index (χ0v) is 12.3. The van der Waals surface area contributed by atoms with E-state index in [1.807, 2.05) is 20.8 Å². The van der Waals surface area contributed by atoms with Crippen LogP contribution in [0, 0.1) is 22.7 Å². The lowest BCUT2D eigenvalue weighted by molar-refractivity contribution is -0.155. The van der Waals surface area contributed by atoms with Gasteiger partial charge in [0.05, 0.1) is 12.0 Å². The highest BCUT2D eigenvalue weighted by Gasteiger charge is 2.39. The van der Waals surface area contributed by atoms with Crippen LogP contribution in [0.25, 0.3) is 0 Å². The van der Waals surface area contributed by atoms with Crippen molar-refractivity contribution in [2.24, 2.45) is 22.7 Å². The summed E-state index contributed by atoms with van der Waals surface area (Å²) in [5.41, 5.74) is 1.13. The van der Waals surface area contributed by atoms with Crippen molar-refractivity contribution in [1.82, 2.24) is 0 Å². The highest BCUT2D eigenvalue weighted by atomic mass is 16.5. The van der Waals surface area contributed by atoms with Crippen molar-refractivity contribution in [3.63, 3.8) is 0 Å². The van der Waals surface area contributed by atoms with Crippen LogP contribution in [0.2, 0.25) is 0 Å². The molecule has 1 aliphatic carbocycles. The van der Waals surface area contributed by atoms with E-state index < -0.39 is 5.41 Å². The Morgan fingerprint density at radius 3 is 2.29 bits per heavy atom. The minimum atomic E-state index is -0.408. The number of ether oxygens (including phenoxy) is 1. The zero-order chi connectivity index (χ0) is 13.4. The maximum Gasteiger partial charge on any atom is 0.311 e. The maximum absolute atomic E-state index is 11.8. The lowest BCUT2D eigenvalue weighted by atomic mass is 9.78. The summed E-state index contributed by atoms with van der Waals surface area (Å²) in [5, 5.41) is 0. The van der Waals surface area contributed by atoms with Crippen molar-refractivity contribution >= 4 is 5.97 Å². The van der Waals surface area contributed by atoms with Gasteiger partial charge in [0.2, 0.25) is 0 Å². The van der Waals surface area contributed by atoms with Crippen LogP contribution in [-0.2, 0) is 9.53 Å². The van der Waals surface area contributed by atoms with Gasteiger partial charge in [-0.1, -0.05) is 32.4 Å². The topological polar surface area (TPSA) is 26.3 Å². The molecule has 2 heteroatoms. The average Bonchev–Trinajstić information content (AvgIpc) is 2.32. The summed E-state index contributed by atoms with van der Waals surface area (Å²) < 4.78 is 5.47. The van der Waals surface area contributed by atoms with Crippen LogP contribution < -0.4 is 0 Å². The molecule has 0 bridgehead atoms. The molecule has 0 spiro atoms. The fourth-order valence-electron chi connectivity index (χ4n) is 2.53. The molecule has 0 aromatic carbocycles. The van der Waals surface area contributed by atoms with Crippen molar-refractivity contribution in [3.8, 4) is 0 Å². The van der Waals surface area contributed by atoms with Gasteiger partial charge in [-0.25, -0.2) is 0 Å².